The second-order valence-corrected chi connectivity index (χ2v) is 8.36. The molecule has 7 nitrogen and oxygen atoms in total. The zero-order chi connectivity index (χ0) is 24.8. The summed E-state index contributed by atoms with van der Waals surface area (Å²) in [5.41, 5.74) is 2.23. The van der Waals surface area contributed by atoms with E-state index in [0.717, 1.165) is 11.8 Å². The first-order valence-corrected chi connectivity index (χ1v) is 11.6. The molecule has 8 heteroatoms. The number of benzene rings is 3. The number of fused-ring (bicyclic) bond motifs is 1. The highest BCUT2D eigenvalue weighted by molar-refractivity contribution is 7.80. The molecule has 0 aliphatic heterocycles. The van der Waals surface area contributed by atoms with Gasteiger partial charge in [-0.1, -0.05) is 37.3 Å². The predicted octanol–water partition coefficient (Wildman–Crippen LogP) is 5.99. The van der Waals surface area contributed by atoms with Crippen molar-refractivity contribution >= 4 is 51.5 Å². The van der Waals surface area contributed by atoms with Crippen LogP contribution in [-0.2, 0) is 0 Å². The molecule has 0 unspecified atom stereocenters. The van der Waals surface area contributed by atoms with Crippen molar-refractivity contribution in [1.29, 1.82) is 0 Å². The molecule has 0 spiro atoms. The van der Waals surface area contributed by atoms with E-state index in [-0.39, 0.29) is 28.8 Å². The zero-order valence-electron chi connectivity index (χ0n) is 19.3. The molecule has 1 heterocycles. The molecule has 1 atom stereocenters. The monoisotopic (exact) mass is 487 g/mol. The molecule has 4 aromatic rings. The quantitative estimate of drug-likeness (QED) is 0.277. The Bertz CT molecular complexity index is 1350. The second kappa shape index (κ2) is 10.8. The molecule has 3 N–H and O–H groups in total. The molecular formula is C27H25N3O4S. The molecule has 0 saturated heterocycles. The van der Waals surface area contributed by atoms with Crippen molar-refractivity contribution in [3.63, 3.8) is 0 Å². The van der Waals surface area contributed by atoms with E-state index in [1.165, 1.54) is 0 Å². The van der Waals surface area contributed by atoms with Crippen molar-refractivity contribution in [3.8, 4) is 5.75 Å². The summed E-state index contributed by atoms with van der Waals surface area (Å²) in [6.45, 7) is 4.00. The maximum atomic E-state index is 12.6. The largest absolute Gasteiger partial charge is 0.491 e. The van der Waals surface area contributed by atoms with Crippen LogP contribution in [0.25, 0.3) is 11.0 Å². The van der Waals surface area contributed by atoms with Crippen LogP contribution in [0.1, 0.15) is 41.2 Å². The Morgan fingerprint density at radius 2 is 1.66 bits per heavy atom. The van der Waals surface area contributed by atoms with Crippen LogP contribution in [-0.4, -0.2) is 23.0 Å². The van der Waals surface area contributed by atoms with E-state index >= 15 is 0 Å². The molecule has 3 aromatic carbocycles. The lowest BCUT2D eigenvalue weighted by atomic mass is 10.2. The SMILES string of the molecule is CC[C@@H](C)Oc1cccc(C(=O)NC(=S)Nc2cccc(NC(=O)c3cc4ccccc4o3)c2)c1. The minimum atomic E-state index is -0.367. The first kappa shape index (κ1) is 24.0. The number of carbonyl (C=O) groups is 2. The summed E-state index contributed by atoms with van der Waals surface area (Å²) < 4.78 is 11.4. The summed E-state index contributed by atoms with van der Waals surface area (Å²) >= 11 is 5.30. The maximum absolute atomic E-state index is 12.6. The van der Waals surface area contributed by atoms with E-state index in [9.17, 15) is 9.59 Å². The minimum absolute atomic E-state index is 0.0515. The first-order chi connectivity index (χ1) is 16.9. The summed E-state index contributed by atoms with van der Waals surface area (Å²) in [4.78, 5) is 25.2. The van der Waals surface area contributed by atoms with Crippen LogP contribution in [0, 0.1) is 0 Å². The van der Waals surface area contributed by atoms with Crippen LogP contribution in [0.5, 0.6) is 5.75 Å². The summed E-state index contributed by atoms with van der Waals surface area (Å²) in [5.74, 6) is 0.117. The van der Waals surface area contributed by atoms with Gasteiger partial charge in [-0.05, 0) is 74.1 Å². The molecule has 35 heavy (non-hydrogen) atoms. The summed E-state index contributed by atoms with van der Waals surface area (Å²) in [5, 5.41) is 9.42. The number of rotatable bonds is 7. The molecule has 0 fully saturated rings. The topological polar surface area (TPSA) is 92.6 Å². The average molecular weight is 488 g/mol. The van der Waals surface area contributed by atoms with E-state index in [1.54, 1.807) is 54.6 Å². The van der Waals surface area contributed by atoms with Gasteiger partial charge in [0.25, 0.3) is 11.8 Å². The molecule has 2 amide bonds. The smallest absolute Gasteiger partial charge is 0.291 e. The van der Waals surface area contributed by atoms with Gasteiger partial charge in [0, 0.05) is 22.3 Å². The zero-order valence-corrected chi connectivity index (χ0v) is 20.1. The highest BCUT2D eigenvalue weighted by Crippen LogP contribution is 2.21. The fraction of sp³-hybridized carbons (Fsp3) is 0.148. The predicted molar refractivity (Wildman–Crippen MR) is 141 cm³/mol. The second-order valence-electron chi connectivity index (χ2n) is 7.96. The van der Waals surface area contributed by atoms with Crippen LogP contribution >= 0.6 is 12.2 Å². The Morgan fingerprint density at radius 1 is 0.914 bits per heavy atom. The van der Waals surface area contributed by atoms with Crippen molar-refractivity contribution in [3.05, 3.63) is 90.2 Å². The summed E-state index contributed by atoms with van der Waals surface area (Å²) in [6.07, 6.45) is 0.915. The van der Waals surface area contributed by atoms with Crippen molar-refractivity contribution in [2.24, 2.45) is 0 Å². The molecule has 0 bridgehead atoms. The fourth-order valence-electron chi connectivity index (χ4n) is 3.33. The number of hydrogen-bond donors (Lipinski definition) is 3. The number of furan rings is 1. The summed E-state index contributed by atoms with van der Waals surface area (Å²) in [7, 11) is 0. The Morgan fingerprint density at radius 3 is 2.43 bits per heavy atom. The van der Waals surface area contributed by atoms with Gasteiger partial charge in [-0.15, -0.1) is 0 Å². The molecule has 0 saturated carbocycles. The minimum Gasteiger partial charge on any atom is -0.491 e. The Kier molecular flexibility index (Phi) is 7.42. The number of nitrogens with one attached hydrogen (secondary N) is 3. The number of amides is 2. The van der Waals surface area contributed by atoms with Crippen molar-refractivity contribution < 1.29 is 18.7 Å². The van der Waals surface area contributed by atoms with E-state index in [2.05, 4.69) is 16.0 Å². The Labute approximate surface area is 208 Å². The van der Waals surface area contributed by atoms with Crippen molar-refractivity contribution in [2.45, 2.75) is 26.4 Å². The molecular weight excluding hydrogens is 462 g/mol. The van der Waals surface area contributed by atoms with E-state index in [4.69, 9.17) is 21.4 Å². The Hall–Kier alpha value is -4.17. The third kappa shape index (κ3) is 6.24. The van der Waals surface area contributed by atoms with Gasteiger partial charge in [-0.3, -0.25) is 14.9 Å². The van der Waals surface area contributed by atoms with Crippen LogP contribution in [0.3, 0.4) is 0 Å². The van der Waals surface area contributed by atoms with E-state index in [1.807, 2.05) is 38.1 Å². The van der Waals surface area contributed by atoms with Gasteiger partial charge in [-0.2, -0.15) is 0 Å². The molecule has 0 aliphatic rings. The average Bonchev–Trinajstić information content (AvgIpc) is 3.29. The number of anilines is 2. The number of thiocarbonyl (C=S) groups is 1. The molecule has 0 aliphatic carbocycles. The number of para-hydroxylation sites is 1. The lowest BCUT2D eigenvalue weighted by Crippen LogP contribution is -2.34. The lowest BCUT2D eigenvalue weighted by Gasteiger charge is -2.14. The van der Waals surface area contributed by atoms with Gasteiger partial charge >= 0.3 is 0 Å². The highest BCUT2D eigenvalue weighted by atomic mass is 32.1. The molecule has 4 rings (SSSR count). The van der Waals surface area contributed by atoms with Crippen LogP contribution in [0.4, 0.5) is 11.4 Å². The number of carbonyl (C=O) groups excluding carboxylic acids is 2. The van der Waals surface area contributed by atoms with Crippen molar-refractivity contribution in [2.75, 3.05) is 10.6 Å². The van der Waals surface area contributed by atoms with Gasteiger partial charge < -0.3 is 19.8 Å². The molecule has 0 radical (unpaired) electrons. The third-order valence-corrected chi connectivity index (χ3v) is 5.47. The van der Waals surface area contributed by atoms with Crippen LogP contribution < -0.4 is 20.7 Å². The van der Waals surface area contributed by atoms with Crippen LogP contribution in [0.2, 0.25) is 0 Å². The van der Waals surface area contributed by atoms with Gasteiger partial charge in [-0.25, -0.2) is 0 Å². The fourth-order valence-corrected chi connectivity index (χ4v) is 3.54. The lowest BCUT2D eigenvalue weighted by molar-refractivity contribution is 0.0974. The van der Waals surface area contributed by atoms with Gasteiger partial charge in [0.2, 0.25) is 0 Å². The molecule has 178 valence electrons. The Balaban J connectivity index is 1.36. The van der Waals surface area contributed by atoms with Gasteiger partial charge in [0.15, 0.2) is 10.9 Å². The van der Waals surface area contributed by atoms with E-state index in [0.29, 0.717) is 28.3 Å². The third-order valence-electron chi connectivity index (χ3n) is 5.26. The number of hydrogen-bond acceptors (Lipinski definition) is 5. The van der Waals surface area contributed by atoms with Gasteiger partial charge in [0.1, 0.15) is 11.3 Å². The standard InChI is InChI=1S/C27H25N3O4S/c1-3-17(2)33-22-12-6-9-19(14-22)25(31)30-27(35)29-21-11-7-10-20(16-21)28-26(32)24-15-18-8-4-5-13-23(18)34-24/h4-17H,3H2,1-2H3,(H,28,32)(H2,29,30,31,35)/t17-/m1/s1. The van der Waals surface area contributed by atoms with Gasteiger partial charge in [0.05, 0.1) is 6.10 Å². The van der Waals surface area contributed by atoms with Crippen molar-refractivity contribution in [1.82, 2.24) is 5.32 Å². The van der Waals surface area contributed by atoms with Crippen LogP contribution in [0.15, 0.2) is 83.3 Å². The normalized spacial score (nSPS) is 11.5. The molecule has 1 aromatic heterocycles. The van der Waals surface area contributed by atoms with E-state index < -0.39 is 0 Å². The maximum Gasteiger partial charge on any atom is 0.291 e. The number of ether oxygens (including phenoxy) is 1. The first-order valence-electron chi connectivity index (χ1n) is 11.2. The summed E-state index contributed by atoms with van der Waals surface area (Å²) in [6, 6.07) is 23.0. The highest BCUT2D eigenvalue weighted by Gasteiger charge is 2.13.